The van der Waals surface area contributed by atoms with Gasteiger partial charge in [0.15, 0.2) is 6.61 Å². The van der Waals surface area contributed by atoms with Crippen LogP contribution in [0, 0.1) is 19.8 Å². The molecule has 30 heavy (non-hydrogen) atoms. The monoisotopic (exact) mass is 424 g/mol. The van der Waals surface area contributed by atoms with Crippen molar-refractivity contribution in [3.8, 4) is 5.88 Å². The van der Waals surface area contributed by atoms with Crippen LogP contribution in [-0.4, -0.2) is 34.6 Å². The molecular weight excluding hydrogens is 401 g/mol. The summed E-state index contributed by atoms with van der Waals surface area (Å²) >= 11 is 0. The van der Waals surface area contributed by atoms with E-state index in [4.69, 9.17) is 0 Å². The van der Waals surface area contributed by atoms with E-state index in [0.29, 0.717) is 22.5 Å². The predicted molar refractivity (Wildman–Crippen MR) is 104 cm³/mol. The van der Waals surface area contributed by atoms with Crippen LogP contribution in [0.5, 0.6) is 5.88 Å². The Morgan fingerprint density at radius 1 is 1.13 bits per heavy atom. The number of ether oxygens (including phenoxy) is 1. The summed E-state index contributed by atoms with van der Waals surface area (Å²) < 4.78 is 41.3. The van der Waals surface area contributed by atoms with Gasteiger partial charge in [-0.2, -0.15) is 13.2 Å². The molecule has 2 N–H and O–H groups in total. The fourth-order valence-electron chi connectivity index (χ4n) is 2.40. The first kappa shape index (κ1) is 23.1. The van der Waals surface area contributed by atoms with E-state index in [1.165, 1.54) is 12.1 Å². The molecule has 0 saturated carbocycles. The molecule has 0 aliphatic carbocycles. The van der Waals surface area contributed by atoms with Crippen LogP contribution in [0.2, 0.25) is 0 Å². The van der Waals surface area contributed by atoms with E-state index in [9.17, 15) is 22.8 Å². The highest BCUT2D eigenvalue weighted by atomic mass is 19.4. The van der Waals surface area contributed by atoms with Gasteiger partial charge in [0.1, 0.15) is 5.82 Å². The van der Waals surface area contributed by atoms with Crippen LogP contribution in [0.4, 0.5) is 19.0 Å². The van der Waals surface area contributed by atoms with Gasteiger partial charge >= 0.3 is 6.18 Å². The number of alkyl halides is 3. The van der Waals surface area contributed by atoms with Crippen molar-refractivity contribution in [3.05, 3.63) is 46.8 Å². The minimum atomic E-state index is -4.45. The number of anilines is 1. The normalized spacial score (nSPS) is 11.3. The van der Waals surface area contributed by atoms with Crippen LogP contribution in [0.25, 0.3) is 0 Å². The van der Waals surface area contributed by atoms with E-state index >= 15 is 0 Å². The van der Waals surface area contributed by atoms with Crippen molar-refractivity contribution in [2.45, 2.75) is 40.4 Å². The van der Waals surface area contributed by atoms with Crippen molar-refractivity contribution in [2.24, 2.45) is 5.92 Å². The molecule has 0 atom stereocenters. The highest BCUT2D eigenvalue weighted by Gasteiger charge is 2.28. The smallest absolute Gasteiger partial charge is 0.422 e. The number of nitrogens with one attached hydrogen (secondary N) is 2. The lowest BCUT2D eigenvalue weighted by Crippen LogP contribution is -2.24. The first-order valence-corrected chi connectivity index (χ1v) is 9.18. The van der Waals surface area contributed by atoms with Crippen molar-refractivity contribution in [1.29, 1.82) is 0 Å². The Morgan fingerprint density at radius 2 is 1.83 bits per heavy atom. The van der Waals surface area contributed by atoms with Crippen molar-refractivity contribution >= 4 is 17.6 Å². The average molecular weight is 424 g/mol. The molecule has 0 unspecified atom stereocenters. The fraction of sp³-hybridized carbons (Fsp3) is 0.400. The number of halogens is 3. The lowest BCUT2D eigenvalue weighted by Gasteiger charge is -2.12. The molecule has 0 radical (unpaired) electrons. The van der Waals surface area contributed by atoms with Gasteiger partial charge < -0.3 is 15.4 Å². The van der Waals surface area contributed by atoms with Crippen molar-refractivity contribution in [1.82, 2.24) is 15.3 Å². The second-order valence-electron chi connectivity index (χ2n) is 7.01. The highest BCUT2D eigenvalue weighted by molar-refractivity contribution is 5.97. The number of rotatable bonds is 7. The van der Waals surface area contributed by atoms with E-state index in [-0.39, 0.29) is 30.1 Å². The summed E-state index contributed by atoms with van der Waals surface area (Å²) in [6.45, 7) is 5.50. The third-order valence-corrected chi connectivity index (χ3v) is 3.98. The number of carbonyl (C=O) groups excluding carboxylic acids is 2. The zero-order valence-corrected chi connectivity index (χ0v) is 17.1. The first-order chi connectivity index (χ1) is 13.9. The van der Waals surface area contributed by atoms with Gasteiger partial charge in [-0.3, -0.25) is 9.59 Å². The predicted octanol–water partition coefficient (Wildman–Crippen LogP) is 3.56. The molecule has 0 spiro atoms. The molecule has 0 saturated heterocycles. The zero-order chi connectivity index (χ0) is 22.5. The van der Waals surface area contributed by atoms with Crippen LogP contribution in [0.3, 0.4) is 0 Å². The number of hydrogen-bond acceptors (Lipinski definition) is 5. The molecule has 0 fully saturated rings. The van der Waals surface area contributed by atoms with Gasteiger partial charge in [-0.15, -0.1) is 0 Å². The SMILES string of the molecule is Cc1cc(C(=O)NCc2ccc(OCC(F)(F)F)nc2C)cc(NC(=O)C(C)C)n1. The summed E-state index contributed by atoms with van der Waals surface area (Å²) in [7, 11) is 0. The van der Waals surface area contributed by atoms with Gasteiger partial charge in [0.2, 0.25) is 11.8 Å². The molecular formula is C20H23F3N4O3. The number of aromatic nitrogens is 2. The molecule has 0 aliphatic heterocycles. The summed E-state index contributed by atoms with van der Waals surface area (Å²) in [6, 6.07) is 5.91. The zero-order valence-electron chi connectivity index (χ0n) is 17.1. The summed E-state index contributed by atoms with van der Waals surface area (Å²) in [6.07, 6.45) is -4.45. The molecule has 2 amide bonds. The van der Waals surface area contributed by atoms with Crippen LogP contribution in [-0.2, 0) is 11.3 Å². The fourth-order valence-corrected chi connectivity index (χ4v) is 2.40. The number of hydrogen-bond donors (Lipinski definition) is 2. The van der Waals surface area contributed by atoms with Gasteiger partial charge in [0.05, 0.1) is 0 Å². The largest absolute Gasteiger partial charge is 0.468 e. The maximum Gasteiger partial charge on any atom is 0.422 e. The van der Waals surface area contributed by atoms with Crippen molar-refractivity contribution in [2.75, 3.05) is 11.9 Å². The second-order valence-corrected chi connectivity index (χ2v) is 7.01. The number of amides is 2. The maximum atomic E-state index is 12.5. The standard InChI is InChI=1S/C20H23F3N4O3/c1-11(2)18(28)27-16-8-15(7-12(3)25-16)19(29)24-9-14-5-6-17(26-13(14)4)30-10-20(21,22)23/h5-8,11H,9-10H2,1-4H3,(H,24,29)(H,25,27,28). The Bertz CT molecular complexity index is 930. The van der Waals surface area contributed by atoms with E-state index in [2.05, 4.69) is 25.3 Å². The number of pyridine rings is 2. The second kappa shape index (κ2) is 9.55. The Hall–Kier alpha value is -3.17. The molecule has 7 nitrogen and oxygen atoms in total. The number of nitrogens with zero attached hydrogens (tertiary/aromatic N) is 2. The Labute approximate surface area is 172 Å². The molecule has 0 aromatic carbocycles. The lowest BCUT2D eigenvalue weighted by atomic mass is 10.1. The van der Waals surface area contributed by atoms with E-state index in [1.807, 2.05) is 0 Å². The summed E-state index contributed by atoms with van der Waals surface area (Å²) in [5.74, 6) is -0.701. The quantitative estimate of drug-likeness (QED) is 0.709. The molecule has 0 bridgehead atoms. The van der Waals surface area contributed by atoms with E-state index in [1.54, 1.807) is 39.8 Å². The summed E-state index contributed by atoms with van der Waals surface area (Å²) in [4.78, 5) is 32.5. The van der Waals surface area contributed by atoms with Gasteiger partial charge in [-0.25, -0.2) is 9.97 Å². The number of carbonyl (C=O) groups is 2. The minimum Gasteiger partial charge on any atom is -0.468 e. The van der Waals surface area contributed by atoms with E-state index < -0.39 is 18.7 Å². The Balaban J connectivity index is 2.03. The molecule has 0 aliphatic rings. The van der Waals surface area contributed by atoms with Crippen LogP contribution in [0.15, 0.2) is 24.3 Å². The average Bonchev–Trinajstić information content (AvgIpc) is 2.64. The lowest BCUT2D eigenvalue weighted by molar-refractivity contribution is -0.154. The van der Waals surface area contributed by atoms with Gasteiger partial charge in [-0.1, -0.05) is 19.9 Å². The van der Waals surface area contributed by atoms with Crippen LogP contribution >= 0.6 is 0 Å². The van der Waals surface area contributed by atoms with Crippen molar-refractivity contribution in [3.63, 3.8) is 0 Å². The Kier molecular flexibility index (Phi) is 7.36. The molecule has 162 valence electrons. The summed E-state index contributed by atoms with van der Waals surface area (Å²) in [5, 5.41) is 5.38. The van der Waals surface area contributed by atoms with Gasteiger partial charge in [0.25, 0.3) is 5.91 Å². The maximum absolute atomic E-state index is 12.5. The molecule has 10 heteroatoms. The molecule has 2 aromatic rings. The topological polar surface area (TPSA) is 93.2 Å². The highest BCUT2D eigenvalue weighted by Crippen LogP contribution is 2.18. The first-order valence-electron chi connectivity index (χ1n) is 9.18. The number of aryl methyl sites for hydroxylation is 2. The Morgan fingerprint density at radius 3 is 2.43 bits per heavy atom. The molecule has 2 rings (SSSR count). The minimum absolute atomic E-state index is 0.117. The molecule has 2 aromatic heterocycles. The third kappa shape index (κ3) is 7.02. The van der Waals surface area contributed by atoms with Crippen LogP contribution < -0.4 is 15.4 Å². The van der Waals surface area contributed by atoms with Gasteiger partial charge in [0, 0.05) is 35.5 Å². The summed E-state index contributed by atoms with van der Waals surface area (Å²) in [5.41, 5.74) is 1.94. The van der Waals surface area contributed by atoms with Gasteiger partial charge in [-0.05, 0) is 31.5 Å². The third-order valence-electron chi connectivity index (χ3n) is 3.98. The van der Waals surface area contributed by atoms with Crippen LogP contribution in [0.1, 0.15) is 41.2 Å². The van der Waals surface area contributed by atoms with E-state index in [0.717, 1.165) is 0 Å². The molecule has 2 heterocycles. The van der Waals surface area contributed by atoms with Crippen molar-refractivity contribution < 1.29 is 27.5 Å².